The molecule has 20 heavy (non-hydrogen) atoms. The highest BCUT2D eigenvalue weighted by molar-refractivity contribution is 6.17. The molecule has 0 heterocycles. The van der Waals surface area contributed by atoms with Crippen molar-refractivity contribution >= 4 is 17.5 Å². The lowest BCUT2D eigenvalue weighted by Gasteiger charge is -2.15. The Labute approximate surface area is 124 Å². The highest BCUT2D eigenvalue weighted by atomic mass is 35.5. The van der Waals surface area contributed by atoms with Gasteiger partial charge in [0.25, 0.3) is 5.91 Å². The van der Waals surface area contributed by atoms with Crippen LogP contribution in [0.15, 0.2) is 18.2 Å². The molecular weight excluding hydrogens is 278 g/mol. The van der Waals surface area contributed by atoms with Gasteiger partial charge in [-0.25, -0.2) is 0 Å². The Bertz CT molecular complexity index is 486. The maximum Gasteiger partial charge on any atom is 0.255 e. The quantitative estimate of drug-likeness (QED) is 0.787. The van der Waals surface area contributed by atoms with Crippen molar-refractivity contribution in [1.82, 2.24) is 5.32 Å². The van der Waals surface area contributed by atoms with Crippen molar-refractivity contribution in [3.05, 3.63) is 23.8 Å². The first kappa shape index (κ1) is 15.0. The monoisotopic (exact) mass is 297 g/mol. The number of hydrogen-bond acceptors (Lipinski definition) is 3. The number of ether oxygens (including phenoxy) is 2. The molecule has 0 bridgehead atoms. The fraction of sp³-hybridized carbons (Fsp3) is 0.533. The van der Waals surface area contributed by atoms with Crippen LogP contribution in [0.25, 0.3) is 0 Å². The molecule has 110 valence electrons. The Balaban J connectivity index is 2.02. The molecule has 1 aliphatic rings. The molecule has 1 aliphatic carbocycles. The largest absolute Gasteiger partial charge is 0.497 e. The lowest BCUT2D eigenvalue weighted by Crippen LogP contribution is -2.30. The fourth-order valence-electron chi connectivity index (χ4n) is 2.24. The van der Waals surface area contributed by atoms with Crippen molar-refractivity contribution in [2.75, 3.05) is 26.6 Å². The van der Waals surface area contributed by atoms with E-state index in [1.54, 1.807) is 32.4 Å². The Kier molecular flexibility index (Phi) is 4.76. The van der Waals surface area contributed by atoms with Crippen molar-refractivity contribution < 1.29 is 14.3 Å². The van der Waals surface area contributed by atoms with Crippen molar-refractivity contribution in [1.29, 1.82) is 0 Å². The third-order valence-electron chi connectivity index (χ3n) is 3.86. The van der Waals surface area contributed by atoms with Crippen LogP contribution in [-0.4, -0.2) is 32.6 Å². The van der Waals surface area contributed by atoms with Gasteiger partial charge in [0.15, 0.2) is 0 Å². The van der Waals surface area contributed by atoms with E-state index in [4.69, 9.17) is 21.1 Å². The first-order valence-electron chi connectivity index (χ1n) is 6.70. The van der Waals surface area contributed by atoms with Gasteiger partial charge in [0.05, 0.1) is 19.8 Å². The zero-order chi connectivity index (χ0) is 14.6. The minimum Gasteiger partial charge on any atom is -0.497 e. The minimum atomic E-state index is -0.120. The highest BCUT2D eigenvalue weighted by Gasteiger charge is 2.41. The summed E-state index contributed by atoms with van der Waals surface area (Å²) in [6.07, 6.45) is 3.23. The Morgan fingerprint density at radius 3 is 2.65 bits per heavy atom. The van der Waals surface area contributed by atoms with Gasteiger partial charge in [0.1, 0.15) is 11.5 Å². The van der Waals surface area contributed by atoms with Crippen LogP contribution in [0.1, 0.15) is 29.6 Å². The lowest BCUT2D eigenvalue weighted by atomic mass is 10.0. The number of hydrogen-bond donors (Lipinski definition) is 1. The minimum absolute atomic E-state index is 0.120. The summed E-state index contributed by atoms with van der Waals surface area (Å²) in [7, 11) is 3.12. The van der Waals surface area contributed by atoms with Crippen LogP contribution >= 0.6 is 11.6 Å². The van der Waals surface area contributed by atoms with Crippen LogP contribution in [-0.2, 0) is 0 Å². The van der Waals surface area contributed by atoms with Gasteiger partial charge < -0.3 is 14.8 Å². The van der Waals surface area contributed by atoms with Gasteiger partial charge in [-0.1, -0.05) is 0 Å². The molecule has 0 saturated heterocycles. The number of rotatable bonds is 7. The predicted molar refractivity (Wildman–Crippen MR) is 78.9 cm³/mol. The van der Waals surface area contributed by atoms with E-state index >= 15 is 0 Å². The van der Waals surface area contributed by atoms with Crippen LogP contribution in [0.2, 0.25) is 0 Å². The number of benzene rings is 1. The molecule has 1 amide bonds. The smallest absolute Gasteiger partial charge is 0.255 e. The topological polar surface area (TPSA) is 47.6 Å². The fourth-order valence-corrected chi connectivity index (χ4v) is 2.64. The van der Waals surface area contributed by atoms with Gasteiger partial charge >= 0.3 is 0 Å². The molecule has 5 heteroatoms. The zero-order valence-corrected chi connectivity index (χ0v) is 12.6. The van der Waals surface area contributed by atoms with Gasteiger partial charge in [-0.15, -0.1) is 11.6 Å². The summed E-state index contributed by atoms with van der Waals surface area (Å²) >= 11 is 5.79. The molecule has 0 aromatic heterocycles. The highest BCUT2D eigenvalue weighted by Crippen LogP contribution is 2.48. The Morgan fingerprint density at radius 1 is 1.35 bits per heavy atom. The van der Waals surface area contributed by atoms with E-state index in [1.165, 1.54) is 0 Å². The molecule has 1 aromatic rings. The standard InChI is InChI=1S/C15H20ClNO3/c1-19-11-3-4-12(13(9-11)20-2)14(18)17-10-15(5-6-15)7-8-16/h3-4,9H,5-8,10H2,1-2H3,(H,17,18). The van der Waals surface area contributed by atoms with E-state index in [0.29, 0.717) is 29.5 Å². The van der Waals surface area contributed by atoms with E-state index in [-0.39, 0.29) is 11.3 Å². The molecular formula is C15H20ClNO3. The maximum atomic E-state index is 12.2. The molecule has 0 atom stereocenters. The number of amides is 1. The summed E-state index contributed by atoms with van der Waals surface area (Å²) in [6.45, 7) is 0.674. The third kappa shape index (κ3) is 3.37. The summed E-state index contributed by atoms with van der Waals surface area (Å²) in [5.74, 6) is 1.70. The van der Waals surface area contributed by atoms with Crippen LogP contribution in [0.3, 0.4) is 0 Å². The van der Waals surface area contributed by atoms with Crippen molar-refractivity contribution in [2.45, 2.75) is 19.3 Å². The van der Waals surface area contributed by atoms with Crippen LogP contribution in [0.4, 0.5) is 0 Å². The number of methoxy groups -OCH3 is 2. The normalized spacial score (nSPS) is 15.6. The number of alkyl halides is 1. The van der Waals surface area contributed by atoms with Crippen LogP contribution in [0.5, 0.6) is 11.5 Å². The second-order valence-corrected chi connectivity index (χ2v) is 5.57. The van der Waals surface area contributed by atoms with Crippen LogP contribution < -0.4 is 14.8 Å². The average molecular weight is 298 g/mol. The van der Waals surface area contributed by atoms with Crippen LogP contribution in [0, 0.1) is 5.41 Å². The third-order valence-corrected chi connectivity index (χ3v) is 4.05. The molecule has 0 unspecified atom stereocenters. The van der Waals surface area contributed by atoms with Gasteiger partial charge in [-0.05, 0) is 36.8 Å². The second-order valence-electron chi connectivity index (χ2n) is 5.19. The molecule has 0 spiro atoms. The number of carbonyl (C=O) groups excluding carboxylic acids is 1. The maximum absolute atomic E-state index is 12.2. The average Bonchev–Trinajstić information content (AvgIpc) is 3.24. The SMILES string of the molecule is COc1ccc(C(=O)NCC2(CCCl)CC2)c(OC)c1. The van der Waals surface area contributed by atoms with Gasteiger partial charge in [-0.3, -0.25) is 4.79 Å². The summed E-state index contributed by atoms with van der Waals surface area (Å²) in [6, 6.07) is 5.18. The van der Waals surface area contributed by atoms with E-state index in [1.807, 2.05) is 0 Å². The molecule has 1 N–H and O–H groups in total. The summed E-state index contributed by atoms with van der Waals surface area (Å²) in [5.41, 5.74) is 0.742. The molecule has 2 rings (SSSR count). The molecule has 4 nitrogen and oxygen atoms in total. The molecule has 1 fully saturated rings. The van der Waals surface area contributed by atoms with Gasteiger partial charge in [-0.2, -0.15) is 0 Å². The van der Waals surface area contributed by atoms with E-state index in [0.717, 1.165) is 19.3 Å². The molecule has 0 aliphatic heterocycles. The predicted octanol–water partition coefficient (Wildman–Crippen LogP) is 2.84. The number of halogens is 1. The van der Waals surface area contributed by atoms with Crippen molar-refractivity contribution in [3.8, 4) is 11.5 Å². The molecule has 0 radical (unpaired) electrons. The Hall–Kier alpha value is -1.42. The van der Waals surface area contributed by atoms with Gasteiger partial charge in [0.2, 0.25) is 0 Å². The van der Waals surface area contributed by atoms with Crippen molar-refractivity contribution in [2.24, 2.45) is 5.41 Å². The number of carbonyl (C=O) groups is 1. The summed E-state index contributed by atoms with van der Waals surface area (Å²) in [4.78, 5) is 12.2. The van der Waals surface area contributed by atoms with Gasteiger partial charge in [0, 0.05) is 18.5 Å². The summed E-state index contributed by atoms with van der Waals surface area (Å²) < 4.78 is 10.4. The zero-order valence-electron chi connectivity index (χ0n) is 11.9. The van der Waals surface area contributed by atoms with E-state index < -0.39 is 0 Å². The summed E-state index contributed by atoms with van der Waals surface area (Å²) in [5, 5.41) is 2.98. The Morgan fingerprint density at radius 2 is 2.10 bits per heavy atom. The van der Waals surface area contributed by atoms with E-state index in [9.17, 15) is 4.79 Å². The second kappa shape index (κ2) is 6.35. The first-order chi connectivity index (χ1) is 9.64. The molecule has 1 saturated carbocycles. The number of nitrogens with one attached hydrogen (secondary N) is 1. The van der Waals surface area contributed by atoms with E-state index in [2.05, 4.69) is 5.32 Å². The first-order valence-corrected chi connectivity index (χ1v) is 7.24. The molecule has 1 aromatic carbocycles. The van der Waals surface area contributed by atoms with Crippen molar-refractivity contribution in [3.63, 3.8) is 0 Å². The lowest BCUT2D eigenvalue weighted by molar-refractivity contribution is 0.0941.